The second-order valence-corrected chi connectivity index (χ2v) is 12.1. The van der Waals surface area contributed by atoms with Crippen LogP contribution in [0.4, 0.5) is 16.0 Å². The van der Waals surface area contributed by atoms with Gasteiger partial charge in [0, 0.05) is 39.8 Å². The van der Waals surface area contributed by atoms with Crippen molar-refractivity contribution in [3.8, 4) is 23.2 Å². The number of benzene rings is 2. The number of nitrogens with one attached hydrogen (secondary N) is 1. The molecule has 0 bridgehead atoms. The van der Waals surface area contributed by atoms with E-state index in [1.807, 2.05) is 59.2 Å². The molecule has 6 heterocycles. The van der Waals surface area contributed by atoms with E-state index in [1.54, 1.807) is 23.7 Å². The average Bonchev–Trinajstić information content (AvgIpc) is 3.83. The number of nitrogens with zero attached hydrogens (tertiary/aromatic N) is 8. The predicted molar refractivity (Wildman–Crippen MR) is 181 cm³/mol. The minimum Gasteiger partial charge on any atom is -0.354 e. The number of rotatable bonds is 5. The third kappa shape index (κ3) is 5.51. The van der Waals surface area contributed by atoms with Gasteiger partial charge >= 0.3 is 5.69 Å². The number of halogens is 1. The van der Waals surface area contributed by atoms with Crippen LogP contribution >= 0.6 is 0 Å². The molecule has 2 fully saturated rings. The highest BCUT2D eigenvalue weighted by Gasteiger charge is 2.28. The van der Waals surface area contributed by atoms with Crippen LogP contribution in [0.1, 0.15) is 30.0 Å². The van der Waals surface area contributed by atoms with Gasteiger partial charge < -0.3 is 14.8 Å². The van der Waals surface area contributed by atoms with Crippen molar-refractivity contribution in [3.05, 3.63) is 106 Å². The molecule has 2 aliphatic rings. The van der Waals surface area contributed by atoms with E-state index in [1.165, 1.54) is 6.07 Å². The molecule has 8 rings (SSSR count). The standard InChI is InChI=1S/C36H34FN9O/c1-42-35-25(7-3-12-29(35)40-36(42)47)9-5-17-43-19-21-44(22-20-43)33-14-4-11-28(39-33)31-24-38-32-15-16-34(41-46(31)32)45-18-6-13-30(45)26-8-2-10-27(37)23-26/h2-4,7-8,10-12,14-16,23-24,30H,6,13,17-22H2,1H3,(H,40,47)/t30-/m1/s1. The van der Waals surface area contributed by atoms with Gasteiger partial charge in [-0.2, -0.15) is 0 Å². The number of fused-ring (bicyclic) bond motifs is 2. The van der Waals surface area contributed by atoms with E-state index in [9.17, 15) is 9.18 Å². The van der Waals surface area contributed by atoms with Crippen molar-refractivity contribution in [3.63, 3.8) is 0 Å². The largest absolute Gasteiger partial charge is 0.354 e. The summed E-state index contributed by atoms with van der Waals surface area (Å²) in [5.74, 6) is 8.14. The maximum Gasteiger partial charge on any atom is 0.326 e. The number of aryl methyl sites for hydroxylation is 1. The second kappa shape index (κ2) is 12.0. The Kier molecular flexibility index (Phi) is 7.42. The Morgan fingerprint density at radius 3 is 2.68 bits per heavy atom. The first kappa shape index (κ1) is 29.0. The van der Waals surface area contributed by atoms with Gasteiger partial charge in [0.15, 0.2) is 5.65 Å². The van der Waals surface area contributed by atoms with Crippen LogP contribution in [0.25, 0.3) is 28.1 Å². The fourth-order valence-corrected chi connectivity index (χ4v) is 6.82. The number of imidazole rings is 2. The molecule has 4 aromatic heterocycles. The van der Waals surface area contributed by atoms with Crippen molar-refractivity contribution in [1.82, 2.24) is 34.0 Å². The van der Waals surface area contributed by atoms with E-state index in [2.05, 4.69) is 42.6 Å². The molecular formula is C36H34FN9O. The lowest BCUT2D eigenvalue weighted by Crippen LogP contribution is -2.46. The van der Waals surface area contributed by atoms with Crippen LogP contribution in [0.2, 0.25) is 0 Å². The fraction of sp³-hybridized carbons (Fsp3) is 0.278. The number of para-hydroxylation sites is 1. The zero-order chi connectivity index (χ0) is 31.9. The van der Waals surface area contributed by atoms with Crippen molar-refractivity contribution in [2.75, 3.05) is 49.1 Å². The van der Waals surface area contributed by atoms with E-state index in [4.69, 9.17) is 10.1 Å². The Morgan fingerprint density at radius 2 is 1.81 bits per heavy atom. The Morgan fingerprint density at radius 1 is 0.957 bits per heavy atom. The fourth-order valence-electron chi connectivity index (χ4n) is 6.82. The highest BCUT2D eigenvalue weighted by molar-refractivity contribution is 5.82. The summed E-state index contributed by atoms with van der Waals surface area (Å²) in [4.78, 5) is 31.5. The topological polar surface area (TPSA) is 90.6 Å². The number of piperazine rings is 1. The molecule has 0 spiro atoms. The quantitative estimate of drug-likeness (QED) is 0.279. The van der Waals surface area contributed by atoms with Crippen LogP contribution in [0.5, 0.6) is 0 Å². The van der Waals surface area contributed by atoms with Gasteiger partial charge in [-0.25, -0.2) is 23.7 Å². The molecule has 0 radical (unpaired) electrons. The highest BCUT2D eigenvalue weighted by Crippen LogP contribution is 2.36. The number of H-pyrrole nitrogens is 1. The summed E-state index contributed by atoms with van der Waals surface area (Å²) >= 11 is 0. The molecule has 1 N–H and O–H groups in total. The molecular weight excluding hydrogens is 593 g/mol. The van der Waals surface area contributed by atoms with Crippen molar-refractivity contribution in [1.29, 1.82) is 0 Å². The van der Waals surface area contributed by atoms with Gasteiger partial charge in [-0.3, -0.25) is 9.47 Å². The monoisotopic (exact) mass is 627 g/mol. The van der Waals surface area contributed by atoms with Crippen molar-refractivity contribution >= 4 is 28.3 Å². The van der Waals surface area contributed by atoms with E-state index in [0.29, 0.717) is 6.54 Å². The summed E-state index contributed by atoms with van der Waals surface area (Å²) in [6.07, 6.45) is 3.80. The summed E-state index contributed by atoms with van der Waals surface area (Å²) in [5, 5.41) is 5.01. The van der Waals surface area contributed by atoms with Crippen LogP contribution in [0.3, 0.4) is 0 Å². The average molecular weight is 628 g/mol. The number of aromatic nitrogens is 6. The molecule has 47 heavy (non-hydrogen) atoms. The lowest BCUT2D eigenvalue weighted by Gasteiger charge is -2.34. The van der Waals surface area contributed by atoms with E-state index >= 15 is 0 Å². The van der Waals surface area contributed by atoms with E-state index in [0.717, 1.165) is 96.4 Å². The summed E-state index contributed by atoms with van der Waals surface area (Å²) in [7, 11) is 1.76. The van der Waals surface area contributed by atoms with Crippen LogP contribution in [-0.4, -0.2) is 73.3 Å². The summed E-state index contributed by atoms with van der Waals surface area (Å²) in [5.41, 5.74) is 5.71. The molecule has 0 saturated carbocycles. The molecule has 10 nitrogen and oxygen atoms in total. The molecule has 236 valence electrons. The minimum absolute atomic E-state index is 0.0810. The van der Waals surface area contributed by atoms with Crippen LogP contribution in [-0.2, 0) is 7.05 Å². The van der Waals surface area contributed by atoms with Gasteiger partial charge in [0.25, 0.3) is 0 Å². The molecule has 2 aromatic carbocycles. The zero-order valence-corrected chi connectivity index (χ0v) is 26.1. The third-order valence-electron chi connectivity index (χ3n) is 9.27. The first-order valence-electron chi connectivity index (χ1n) is 16.0. The second-order valence-electron chi connectivity index (χ2n) is 12.1. The number of hydrogen-bond donors (Lipinski definition) is 1. The van der Waals surface area contributed by atoms with Crippen molar-refractivity contribution in [2.45, 2.75) is 18.9 Å². The lowest BCUT2D eigenvalue weighted by molar-refractivity contribution is 0.287. The SMILES string of the molecule is Cn1c(=O)[nH]c2cccc(C#CCN3CCN(c4cccc(-c5cnc6ccc(N7CCC[C@@H]7c7cccc(F)c7)nn56)n4)CC3)c21. The molecule has 0 unspecified atom stereocenters. The Balaban J connectivity index is 0.969. The number of anilines is 2. The first-order chi connectivity index (χ1) is 23.0. The maximum atomic E-state index is 14.0. The van der Waals surface area contributed by atoms with Gasteiger partial charge in [0.05, 0.1) is 41.1 Å². The van der Waals surface area contributed by atoms with E-state index < -0.39 is 0 Å². The van der Waals surface area contributed by atoms with Gasteiger partial charge in [0.1, 0.15) is 23.1 Å². The summed E-state index contributed by atoms with van der Waals surface area (Å²) < 4.78 is 17.5. The number of hydrogen-bond acceptors (Lipinski definition) is 7. The number of pyridine rings is 1. The molecule has 2 saturated heterocycles. The van der Waals surface area contributed by atoms with E-state index in [-0.39, 0.29) is 17.5 Å². The van der Waals surface area contributed by atoms with Gasteiger partial charge in [-0.1, -0.05) is 36.1 Å². The summed E-state index contributed by atoms with van der Waals surface area (Å²) in [6, 6.07) is 22.8. The molecule has 0 amide bonds. The van der Waals surface area contributed by atoms with Crippen molar-refractivity contribution < 1.29 is 4.39 Å². The van der Waals surface area contributed by atoms with Gasteiger partial charge in [0.2, 0.25) is 0 Å². The Bertz CT molecular complexity index is 2220. The minimum atomic E-state index is -0.216. The van der Waals surface area contributed by atoms with Gasteiger partial charge in [-0.15, -0.1) is 5.10 Å². The zero-order valence-electron chi connectivity index (χ0n) is 26.1. The maximum absolute atomic E-state index is 14.0. The van der Waals surface area contributed by atoms with Crippen LogP contribution in [0.15, 0.2) is 83.8 Å². The smallest absolute Gasteiger partial charge is 0.326 e. The molecule has 11 heteroatoms. The number of aromatic amines is 1. The van der Waals surface area contributed by atoms with Crippen LogP contribution < -0.4 is 15.5 Å². The normalized spacial score (nSPS) is 17.0. The molecule has 1 atom stereocenters. The first-order valence-corrected chi connectivity index (χ1v) is 16.0. The van der Waals surface area contributed by atoms with Crippen molar-refractivity contribution in [2.24, 2.45) is 7.05 Å². The van der Waals surface area contributed by atoms with Crippen LogP contribution in [0, 0.1) is 17.7 Å². The Hall–Kier alpha value is -5.47. The molecule has 6 aromatic rings. The third-order valence-corrected chi connectivity index (χ3v) is 9.27. The van der Waals surface area contributed by atoms with Gasteiger partial charge in [-0.05, 0) is 66.9 Å². The predicted octanol–water partition coefficient (Wildman–Crippen LogP) is 4.63. The Labute approximate surface area is 271 Å². The summed E-state index contributed by atoms with van der Waals surface area (Å²) in [6.45, 7) is 4.94. The molecule has 2 aliphatic heterocycles. The lowest BCUT2D eigenvalue weighted by atomic mass is 10.0. The highest BCUT2D eigenvalue weighted by atomic mass is 19.1. The molecule has 0 aliphatic carbocycles.